The molecule has 1 N–H and O–H groups in total. The minimum Gasteiger partial charge on any atom is -0.474 e. The van der Waals surface area contributed by atoms with Gasteiger partial charge in [-0.15, -0.1) is 0 Å². The average Bonchev–Trinajstić information content (AvgIpc) is 3.44. The minimum atomic E-state index is -0.684. The van der Waals surface area contributed by atoms with Crippen LogP contribution >= 0.6 is 0 Å². The standard InChI is InChI=1S/C23H25N7O4/c31-21-18(5-8-24-21)34-23(32)29-12-10-28(11-13-29)19-6-9-30-20(27-19)17(14-26-30)16-2-1-7-25-22(16)33-15-3-4-15/h1-2,6-7,9,14-15,18H,3-5,8,10-13H2,(H,24,31)/t18-/m1/s1. The van der Waals surface area contributed by atoms with Crippen molar-refractivity contribution in [2.24, 2.45) is 0 Å². The number of nitrogens with one attached hydrogen (secondary N) is 1. The summed E-state index contributed by atoms with van der Waals surface area (Å²) in [6.07, 6.45) is 7.15. The van der Waals surface area contributed by atoms with Crippen LogP contribution in [0.15, 0.2) is 36.8 Å². The van der Waals surface area contributed by atoms with E-state index in [2.05, 4.69) is 20.3 Å². The number of piperazine rings is 1. The van der Waals surface area contributed by atoms with E-state index >= 15 is 0 Å². The van der Waals surface area contributed by atoms with Crippen molar-refractivity contribution in [1.29, 1.82) is 0 Å². The third kappa shape index (κ3) is 3.97. The molecular formula is C23H25N7O4. The van der Waals surface area contributed by atoms with Crippen molar-refractivity contribution in [2.75, 3.05) is 37.6 Å². The zero-order chi connectivity index (χ0) is 23.1. The van der Waals surface area contributed by atoms with Gasteiger partial charge < -0.3 is 24.6 Å². The van der Waals surface area contributed by atoms with Crippen molar-refractivity contribution in [2.45, 2.75) is 31.5 Å². The maximum absolute atomic E-state index is 12.5. The van der Waals surface area contributed by atoms with Gasteiger partial charge in [-0.25, -0.2) is 19.3 Å². The first-order valence-electron chi connectivity index (χ1n) is 11.6. The lowest BCUT2D eigenvalue weighted by Crippen LogP contribution is -2.50. The fraction of sp³-hybridized carbons (Fsp3) is 0.435. The summed E-state index contributed by atoms with van der Waals surface area (Å²) in [7, 11) is 0. The molecular weight excluding hydrogens is 438 g/mol. The Balaban J connectivity index is 1.18. The maximum atomic E-state index is 12.5. The fourth-order valence-electron chi connectivity index (χ4n) is 4.26. The van der Waals surface area contributed by atoms with Gasteiger partial charge in [-0.3, -0.25) is 4.79 Å². The topological polar surface area (TPSA) is 114 Å². The van der Waals surface area contributed by atoms with Crippen molar-refractivity contribution in [1.82, 2.24) is 29.8 Å². The number of rotatable bonds is 5. The van der Waals surface area contributed by atoms with Crippen molar-refractivity contribution in [3.05, 3.63) is 36.8 Å². The number of pyridine rings is 1. The van der Waals surface area contributed by atoms with E-state index in [0.717, 1.165) is 35.4 Å². The molecule has 6 rings (SSSR count). The van der Waals surface area contributed by atoms with Gasteiger partial charge >= 0.3 is 6.09 Å². The molecule has 1 atom stereocenters. The monoisotopic (exact) mass is 463 g/mol. The number of ether oxygens (including phenoxy) is 2. The van der Waals surface area contributed by atoms with Crippen LogP contribution < -0.4 is 15.0 Å². The van der Waals surface area contributed by atoms with Crippen LogP contribution in [0.5, 0.6) is 5.88 Å². The van der Waals surface area contributed by atoms with E-state index in [1.807, 2.05) is 24.4 Å². The summed E-state index contributed by atoms with van der Waals surface area (Å²) < 4.78 is 13.1. The number of aromatic nitrogens is 4. The molecule has 0 unspecified atom stereocenters. The molecule has 0 radical (unpaired) electrons. The molecule has 3 aromatic heterocycles. The van der Waals surface area contributed by atoms with E-state index < -0.39 is 12.2 Å². The molecule has 176 valence electrons. The number of amides is 2. The summed E-state index contributed by atoms with van der Waals surface area (Å²) in [5, 5.41) is 7.14. The van der Waals surface area contributed by atoms with Gasteiger partial charge in [-0.05, 0) is 31.0 Å². The zero-order valence-corrected chi connectivity index (χ0v) is 18.6. The number of carbonyl (C=O) groups excluding carboxylic acids is 2. The van der Waals surface area contributed by atoms with Gasteiger partial charge in [-0.2, -0.15) is 5.10 Å². The highest BCUT2D eigenvalue weighted by molar-refractivity contribution is 5.85. The molecule has 3 fully saturated rings. The van der Waals surface area contributed by atoms with E-state index in [0.29, 0.717) is 45.0 Å². The quantitative estimate of drug-likeness (QED) is 0.605. The third-order valence-electron chi connectivity index (χ3n) is 6.32. The van der Waals surface area contributed by atoms with Crippen LogP contribution in [0.2, 0.25) is 0 Å². The SMILES string of the molecule is O=C1NCC[C@H]1OC(=O)N1CCN(c2ccn3ncc(-c4cccnc4OC4CC4)c3n2)CC1. The van der Waals surface area contributed by atoms with E-state index in [1.54, 1.807) is 21.8 Å². The lowest BCUT2D eigenvalue weighted by Gasteiger charge is -2.35. The van der Waals surface area contributed by atoms with Crippen molar-refractivity contribution >= 4 is 23.5 Å². The number of fused-ring (bicyclic) bond motifs is 1. The lowest BCUT2D eigenvalue weighted by atomic mass is 10.1. The molecule has 11 heteroatoms. The van der Waals surface area contributed by atoms with E-state index in [1.165, 1.54) is 0 Å². The highest BCUT2D eigenvalue weighted by Gasteiger charge is 2.31. The molecule has 3 aliphatic rings. The Morgan fingerprint density at radius 2 is 1.94 bits per heavy atom. The van der Waals surface area contributed by atoms with Gasteiger partial charge in [0.05, 0.1) is 11.8 Å². The molecule has 1 aliphatic carbocycles. The predicted octanol–water partition coefficient (Wildman–Crippen LogP) is 1.48. The summed E-state index contributed by atoms with van der Waals surface area (Å²) in [5.74, 6) is 1.20. The molecule has 3 aromatic rings. The van der Waals surface area contributed by atoms with E-state index in [-0.39, 0.29) is 12.0 Å². The van der Waals surface area contributed by atoms with Crippen LogP contribution in [0.3, 0.4) is 0 Å². The molecule has 2 saturated heterocycles. The minimum absolute atomic E-state index is 0.222. The first kappa shape index (κ1) is 20.7. The van der Waals surface area contributed by atoms with Gasteiger partial charge in [0.2, 0.25) is 5.88 Å². The van der Waals surface area contributed by atoms with Crippen molar-refractivity contribution in [3.8, 4) is 17.0 Å². The van der Waals surface area contributed by atoms with Crippen LogP contribution in [0, 0.1) is 0 Å². The second-order valence-corrected chi connectivity index (χ2v) is 8.71. The maximum Gasteiger partial charge on any atom is 0.410 e. The Hall–Kier alpha value is -3.89. The zero-order valence-electron chi connectivity index (χ0n) is 18.6. The molecule has 0 bridgehead atoms. The summed E-state index contributed by atoms with van der Waals surface area (Å²) in [5.41, 5.74) is 2.46. The average molecular weight is 463 g/mol. The molecule has 0 spiro atoms. The third-order valence-corrected chi connectivity index (χ3v) is 6.32. The van der Waals surface area contributed by atoms with E-state index in [4.69, 9.17) is 14.5 Å². The van der Waals surface area contributed by atoms with Gasteiger partial charge in [-0.1, -0.05) is 0 Å². The van der Waals surface area contributed by atoms with Gasteiger partial charge in [0.1, 0.15) is 11.9 Å². The number of nitrogens with zero attached hydrogens (tertiary/aromatic N) is 6. The molecule has 2 amide bonds. The number of carbonyl (C=O) groups is 2. The highest BCUT2D eigenvalue weighted by atomic mass is 16.6. The number of anilines is 1. The van der Waals surface area contributed by atoms with Gasteiger partial charge in [0.15, 0.2) is 11.8 Å². The molecule has 1 saturated carbocycles. The Kier molecular flexibility index (Phi) is 5.16. The lowest BCUT2D eigenvalue weighted by molar-refractivity contribution is -0.126. The van der Waals surface area contributed by atoms with Crippen molar-refractivity contribution < 1.29 is 19.1 Å². The van der Waals surface area contributed by atoms with Crippen molar-refractivity contribution in [3.63, 3.8) is 0 Å². The van der Waals surface area contributed by atoms with Crippen LogP contribution in [-0.4, -0.2) is 81.4 Å². The summed E-state index contributed by atoms with van der Waals surface area (Å²) in [4.78, 5) is 37.2. The predicted molar refractivity (Wildman–Crippen MR) is 122 cm³/mol. The number of hydrogen-bond donors (Lipinski definition) is 1. The normalized spacial score (nSPS) is 20.5. The fourth-order valence-corrected chi connectivity index (χ4v) is 4.26. The highest BCUT2D eigenvalue weighted by Crippen LogP contribution is 2.35. The molecule has 5 heterocycles. The summed E-state index contributed by atoms with van der Waals surface area (Å²) in [6.45, 7) is 2.76. The first-order valence-corrected chi connectivity index (χ1v) is 11.6. The molecule has 11 nitrogen and oxygen atoms in total. The Morgan fingerprint density at radius 3 is 2.71 bits per heavy atom. The van der Waals surface area contributed by atoms with Gasteiger partial charge in [0, 0.05) is 57.1 Å². The molecule has 34 heavy (non-hydrogen) atoms. The second kappa shape index (κ2) is 8.47. The van der Waals surface area contributed by atoms with E-state index in [9.17, 15) is 9.59 Å². The number of hydrogen-bond acceptors (Lipinski definition) is 8. The van der Waals surface area contributed by atoms with Gasteiger partial charge in [0.25, 0.3) is 5.91 Å². The van der Waals surface area contributed by atoms with Crippen LogP contribution in [-0.2, 0) is 9.53 Å². The Morgan fingerprint density at radius 1 is 1.09 bits per heavy atom. The smallest absolute Gasteiger partial charge is 0.410 e. The Labute approximate surface area is 195 Å². The second-order valence-electron chi connectivity index (χ2n) is 8.71. The largest absolute Gasteiger partial charge is 0.474 e. The van der Waals surface area contributed by atoms with Crippen LogP contribution in [0.25, 0.3) is 16.8 Å². The molecule has 0 aromatic carbocycles. The van der Waals surface area contributed by atoms with Crippen LogP contribution in [0.4, 0.5) is 10.6 Å². The van der Waals surface area contributed by atoms with Crippen LogP contribution in [0.1, 0.15) is 19.3 Å². The first-order chi connectivity index (χ1) is 16.7. The Bertz CT molecular complexity index is 1230. The summed E-state index contributed by atoms with van der Waals surface area (Å²) in [6, 6.07) is 5.78. The summed E-state index contributed by atoms with van der Waals surface area (Å²) >= 11 is 0. The molecule has 2 aliphatic heterocycles.